The number of nitrogens with one attached hydrogen (secondary N) is 1. The standard InChI is InChI=1S/C19H20N2O4/c1-24-15-6-4-5-14(11-15)12-20-18(22)13-21-16-7-2-3-8-17(16)25-10-9-19(21)23/h2-8,11H,9-10,12-13H2,1H3,(H,20,22). The summed E-state index contributed by atoms with van der Waals surface area (Å²) >= 11 is 0. The van der Waals surface area contributed by atoms with Crippen molar-refractivity contribution in [3.05, 3.63) is 54.1 Å². The van der Waals surface area contributed by atoms with Crippen LogP contribution in [0.5, 0.6) is 11.5 Å². The van der Waals surface area contributed by atoms with Crippen molar-refractivity contribution < 1.29 is 19.1 Å². The first-order valence-corrected chi connectivity index (χ1v) is 8.09. The van der Waals surface area contributed by atoms with Gasteiger partial charge in [0.15, 0.2) is 0 Å². The van der Waals surface area contributed by atoms with Gasteiger partial charge in [-0.05, 0) is 29.8 Å². The van der Waals surface area contributed by atoms with Gasteiger partial charge in [0.2, 0.25) is 11.8 Å². The molecule has 0 unspecified atom stereocenters. The van der Waals surface area contributed by atoms with Crippen molar-refractivity contribution in [2.45, 2.75) is 13.0 Å². The lowest BCUT2D eigenvalue weighted by atomic mass is 10.2. The minimum absolute atomic E-state index is 0.0385. The third-order valence-electron chi connectivity index (χ3n) is 3.96. The molecule has 2 aromatic rings. The van der Waals surface area contributed by atoms with Crippen molar-refractivity contribution in [3.63, 3.8) is 0 Å². The van der Waals surface area contributed by atoms with Gasteiger partial charge in [0.1, 0.15) is 18.0 Å². The molecule has 3 rings (SSSR count). The highest BCUT2D eigenvalue weighted by Crippen LogP contribution is 2.30. The monoisotopic (exact) mass is 340 g/mol. The Bertz CT molecular complexity index is 776. The van der Waals surface area contributed by atoms with E-state index in [0.717, 1.165) is 11.3 Å². The molecule has 0 fully saturated rings. The van der Waals surface area contributed by atoms with Crippen LogP contribution in [0.25, 0.3) is 0 Å². The Morgan fingerprint density at radius 2 is 2.08 bits per heavy atom. The topological polar surface area (TPSA) is 67.9 Å². The predicted octanol–water partition coefficient (Wildman–Crippen LogP) is 2.13. The molecule has 0 bridgehead atoms. The van der Waals surface area contributed by atoms with Crippen LogP contribution in [0.1, 0.15) is 12.0 Å². The molecule has 0 spiro atoms. The Morgan fingerprint density at radius 3 is 2.92 bits per heavy atom. The average Bonchev–Trinajstić information content (AvgIpc) is 2.79. The maximum Gasteiger partial charge on any atom is 0.240 e. The SMILES string of the molecule is COc1cccc(CNC(=O)CN2C(=O)CCOc3ccccc32)c1. The van der Waals surface area contributed by atoms with E-state index < -0.39 is 0 Å². The second-order valence-electron chi connectivity index (χ2n) is 5.67. The third-order valence-corrected chi connectivity index (χ3v) is 3.96. The van der Waals surface area contributed by atoms with Crippen LogP contribution in [-0.2, 0) is 16.1 Å². The first-order chi connectivity index (χ1) is 12.2. The molecule has 1 aliphatic heterocycles. The molecule has 6 nitrogen and oxygen atoms in total. The van der Waals surface area contributed by atoms with Crippen LogP contribution in [-0.4, -0.2) is 32.1 Å². The largest absolute Gasteiger partial charge is 0.497 e. The maximum absolute atomic E-state index is 12.3. The van der Waals surface area contributed by atoms with Gasteiger partial charge in [-0.15, -0.1) is 0 Å². The number of rotatable bonds is 5. The highest BCUT2D eigenvalue weighted by Gasteiger charge is 2.24. The molecule has 130 valence electrons. The summed E-state index contributed by atoms with van der Waals surface area (Å²) in [5, 5.41) is 2.84. The third kappa shape index (κ3) is 4.09. The first kappa shape index (κ1) is 16.8. The van der Waals surface area contributed by atoms with E-state index in [0.29, 0.717) is 24.6 Å². The highest BCUT2D eigenvalue weighted by molar-refractivity contribution is 6.00. The van der Waals surface area contributed by atoms with E-state index in [9.17, 15) is 9.59 Å². The summed E-state index contributed by atoms with van der Waals surface area (Å²) in [6.45, 7) is 0.650. The molecular weight excluding hydrogens is 320 g/mol. The van der Waals surface area contributed by atoms with Crippen LogP contribution in [0.15, 0.2) is 48.5 Å². The molecule has 0 saturated heterocycles. The molecule has 25 heavy (non-hydrogen) atoms. The first-order valence-electron chi connectivity index (χ1n) is 8.09. The van der Waals surface area contributed by atoms with Crippen molar-refractivity contribution >= 4 is 17.5 Å². The fourth-order valence-corrected chi connectivity index (χ4v) is 2.68. The number of hydrogen-bond donors (Lipinski definition) is 1. The van der Waals surface area contributed by atoms with Crippen molar-refractivity contribution in [1.82, 2.24) is 5.32 Å². The summed E-state index contributed by atoms with van der Waals surface area (Å²) < 4.78 is 10.7. The number of fused-ring (bicyclic) bond motifs is 1. The number of hydrogen-bond acceptors (Lipinski definition) is 4. The predicted molar refractivity (Wildman–Crippen MR) is 93.7 cm³/mol. The van der Waals surface area contributed by atoms with Crippen LogP contribution >= 0.6 is 0 Å². The lowest BCUT2D eigenvalue weighted by molar-refractivity contribution is -0.124. The number of carbonyl (C=O) groups excluding carboxylic acids is 2. The number of amides is 2. The quantitative estimate of drug-likeness (QED) is 0.905. The number of methoxy groups -OCH3 is 1. The van der Waals surface area contributed by atoms with Gasteiger partial charge in [0.05, 0.1) is 25.8 Å². The Hall–Kier alpha value is -3.02. The molecule has 0 aromatic heterocycles. The highest BCUT2D eigenvalue weighted by atomic mass is 16.5. The van der Waals surface area contributed by atoms with Gasteiger partial charge in [0.25, 0.3) is 0 Å². The lowest BCUT2D eigenvalue weighted by Crippen LogP contribution is -2.40. The number of nitrogens with zero attached hydrogens (tertiary/aromatic N) is 1. The van der Waals surface area contributed by atoms with Gasteiger partial charge < -0.3 is 14.8 Å². The van der Waals surface area contributed by atoms with E-state index in [-0.39, 0.29) is 24.8 Å². The number of para-hydroxylation sites is 2. The van der Waals surface area contributed by atoms with Gasteiger partial charge in [-0.3, -0.25) is 14.5 Å². The van der Waals surface area contributed by atoms with Crippen molar-refractivity contribution in [3.8, 4) is 11.5 Å². The Balaban J connectivity index is 1.66. The van der Waals surface area contributed by atoms with Gasteiger partial charge >= 0.3 is 0 Å². The van der Waals surface area contributed by atoms with E-state index in [4.69, 9.17) is 9.47 Å². The van der Waals surface area contributed by atoms with Crippen molar-refractivity contribution in [2.24, 2.45) is 0 Å². The van der Waals surface area contributed by atoms with Gasteiger partial charge in [0, 0.05) is 6.54 Å². The van der Waals surface area contributed by atoms with Gasteiger partial charge in [-0.2, -0.15) is 0 Å². The van der Waals surface area contributed by atoms with Gasteiger partial charge in [-0.1, -0.05) is 24.3 Å². The maximum atomic E-state index is 12.3. The van der Waals surface area contributed by atoms with E-state index in [2.05, 4.69) is 5.32 Å². The summed E-state index contributed by atoms with van der Waals surface area (Å²) in [7, 11) is 1.60. The summed E-state index contributed by atoms with van der Waals surface area (Å²) in [5.74, 6) is 1.00. The van der Waals surface area contributed by atoms with Crippen molar-refractivity contribution in [1.29, 1.82) is 0 Å². The fraction of sp³-hybridized carbons (Fsp3) is 0.263. The molecule has 1 aliphatic rings. The molecule has 0 aliphatic carbocycles. The Kier molecular flexibility index (Phi) is 5.18. The van der Waals surface area contributed by atoms with E-state index in [1.807, 2.05) is 36.4 Å². The zero-order valence-electron chi connectivity index (χ0n) is 14.0. The van der Waals surface area contributed by atoms with E-state index in [1.54, 1.807) is 19.2 Å². The summed E-state index contributed by atoms with van der Waals surface area (Å²) in [6, 6.07) is 14.7. The smallest absolute Gasteiger partial charge is 0.240 e. The summed E-state index contributed by atoms with van der Waals surface area (Å²) in [5.41, 5.74) is 1.56. The molecule has 0 atom stereocenters. The zero-order valence-corrected chi connectivity index (χ0v) is 14.0. The lowest BCUT2D eigenvalue weighted by Gasteiger charge is -2.21. The Labute approximate surface area is 146 Å². The zero-order chi connectivity index (χ0) is 17.6. The molecule has 1 N–H and O–H groups in total. The van der Waals surface area contributed by atoms with Crippen LogP contribution in [0, 0.1) is 0 Å². The minimum Gasteiger partial charge on any atom is -0.497 e. The molecule has 0 radical (unpaired) electrons. The van der Waals surface area contributed by atoms with Crippen LogP contribution in [0.4, 0.5) is 5.69 Å². The Morgan fingerprint density at radius 1 is 1.24 bits per heavy atom. The van der Waals surface area contributed by atoms with Crippen LogP contribution in [0.2, 0.25) is 0 Å². The van der Waals surface area contributed by atoms with Crippen molar-refractivity contribution in [2.75, 3.05) is 25.2 Å². The molecule has 0 saturated carbocycles. The molecule has 1 heterocycles. The van der Waals surface area contributed by atoms with Crippen LogP contribution < -0.4 is 19.7 Å². The van der Waals surface area contributed by atoms with Crippen LogP contribution in [0.3, 0.4) is 0 Å². The van der Waals surface area contributed by atoms with E-state index in [1.165, 1.54) is 4.90 Å². The normalized spacial score (nSPS) is 13.5. The second kappa shape index (κ2) is 7.70. The number of carbonyl (C=O) groups is 2. The number of benzene rings is 2. The number of anilines is 1. The molecule has 2 amide bonds. The molecule has 2 aromatic carbocycles. The molecule has 6 heteroatoms. The fourth-order valence-electron chi connectivity index (χ4n) is 2.68. The van der Waals surface area contributed by atoms with E-state index >= 15 is 0 Å². The summed E-state index contributed by atoms with van der Waals surface area (Å²) in [4.78, 5) is 26.1. The molecular formula is C19H20N2O4. The number of ether oxygens (including phenoxy) is 2. The average molecular weight is 340 g/mol. The second-order valence-corrected chi connectivity index (χ2v) is 5.67. The summed E-state index contributed by atoms with van der Waals surface area (Å²) in [6.07, 6.45) is 0.248. The minimum atomic E-state index is -0.229. The van der Waals surface area contributed by atoms with Gasteiger partial charge in [-0.25, -0.2) is 0 Å².